The molecule has 0 aliphatic heterocycles. The Hall–Kier alpha value is -1.36. The summed E-state index contributed by atoms with van der Waals surface area (Å²) < 4.78 is 37.0. The zero-order valence-corrected chi connectivity index (χ0v) is 8.58. The van der Waals surface area contributed by atoms with Gasteiger partial charge in [-0.3, -0.25) is 4.79 Å². The average Bonchev–Trinajstić information content (AvgIpc) is 2.26. The number of carbonyl (C=O) groups excluding carboxylic acids is 1. The van der Waals surface area contributed by atoms with Gasteiger partial charge in [0.05, 0.1) is 5.56 Å². The first-order valence-corrected chi connectivity index (χ1v) is 4.75. The highest BCUT2D eigenvalue weighted by Gasteiger charge is 2.31. The summed E-state index contributed by atoms with van der Waals surface area (Å²) in [6, 6.07) is 4.05. The molecule has 2 nitrogen and oxygen atoms in total. The predicted molar refractivity (Wildman–Crippen MR) is 52.1 cm³/mol. The molecule has 0 aromatic heterocycles. The van der Waals surface area contributed by atoms with E-state index in [0.29, 0.717) is 0 Å². The smallest absolute Gasteiger partial charge is 0.385 e. The summed E-state index contributed by atoms with van der Waals surface area (Å²) in [5.41, 5.74) is -1.01. The van der Waals surface area contributed by atoms with Gasteiger partial charge < -0.3 is 5.11 Å². The summed E-state index contributed by atoms with van der Waals surface area (Å²) in [4.78, 5) is 11.4. The van der Waals surface area contributed by atoms with Crippen LogP contribution in [0.2, 0.25) is 0 Å². The number of benzene rings is 1. The third-order valence-corrected chi connectivity index (χ3v) is 2.16. The molecule has 1 unspecified atom stereocenters. The number of halogens is 3. The molecule has 0 bridgehead atoms. The molecule has 1 aromatic carbocycles. The fourth-order valence-electron chi connectivity index (χ4n) is 1.23. The van der Waals surface area contributed by atoms with Crippen LogP contribution >= 0.6 is 0 Å². The Morgan fingerprint density at radius 2 is 2.06 bits per heavy atom. The highest BCUT2D eigenvalue weighted by atomic mass is 19.4. The van der Waals surface area contributed by atoms with Crippen molar-refractivity contribution >= 4 is 5.78 Å². The zero-order valence-electron chi connectivity index (χ0n) is 8.58. The lowest BCUT2D eigenvalue weighted by Crippen LogP contribution is -2.19. The second-order valence-corrected chi connectivity index (χ2v) is 3.37. The molecule has 16 heavy (non-hydrogen) atoms. The number of alkyl halides is 3. The van der Waals surface area contributed by atoms with E-state index in [1.807, 2.05) is 0 Å². The third kappa shape index (κ3) is 2.82. The van der Waals surface area contributed by atoms with Crippen LogP contribution in [0.25, 0.3) is 0 Å². The van der Waals surface area contributed by atoms with Crippen LogP contribution in [0.3, 0.4) is 0 Å². The maximum absolute atomic E-state index is 12.3. The molecule has 0 fully saturated rings. The minimum Gasteiger partial charge on any atom is -0.385 e. The molecule has 0 radical (unpaired) electrons. The number of hydrogen-bond acceptors (Lipinski definition) is 2. The molecule has 5 heteroatoms. The molecule has 0 aliphatic rings. The maximum Gasteiger partial charge on any atom is 0.416 e. The predicted octanol–water partition coefficient (Wildman–Crippen LogP) is 2.66. The van der Waals surface area contributed by atoms with Crippen LogP contribution in [0.1, 0.15) is 29.3 Å². The van der Waals surface area contributed by atoms with Gasteiger partial charge in [-0.2, -0.15) is 13.2 Å². The van der Waals surface area contributed by atoms with E-state index in [-0.39, 0.29) is 12.0 Å². The largest absolute Gasteiger partial charge is 0.416 e. The van der Waals surface area contributed by atoms with Gasteiger partial charge in [-0.15, -0.1) is 0 Å². The summed E-state index contributed by atoms with van der Waals surface area (Å²) in [5, 5.41) is 9.24. The Morgan fingerprint density at radius 1 is 1.44 bits per heavy atom. The molecule has 1 aromatic rings. The van der Waals surface area contributed by atoms with Crippen LogP contribution in [-0.2, 0) is 6.18 Å². The van der Waals surface area contributed by atoms with Crippen molar-refractivity contribution in [1.82, 2.24) is 0 Å². The van der Waals surface area contributed by atoms with E-state index >= 15 is 0 Å². The number of carbonyl (C=O) groups is 1. The van der Waals surface area contributed by atoms with E-state index in [4.69, 9.17) is 0 Å². The molecule has 0 saturated heterocycles. The first-order valence-electron chi connectivity index (χ1n) is 4.75. The Bertz CT molecular complexity index is 385. The summed E-state index contributed by atoms with van der Waals surface area (Å²) in [6.45, 7) is 1.58. The number of aliphatic hydroxyl groups excluding tert-OH is 1. The summed E-state index contributed by atoms with van der Waals surface area (Å²) in [6.07, 6.45) is -5.55. The van der Waals surface area contributed by atoms with Crippen molar-refractivity contribution in [2.24, 2.45) is 0 Å². The molecule has 0 aliphatic carbocycles. The van der Waals surface area contributed by atoms with Gasteiger partial charge in [0.25, 0.3) is 0 Å². The Morgan fingerprint density at radius 3 is 2.56 bits per heavy atom. The van der Waals surface area contributed by atoms with Gasteiger partial charge in [0.2, 0.25) is 0 Å². The van der Waals surface area contributed by atoms with Gasteiger partial charge in [0, 0.05) is 5.56 Å². The molecule has 88 valence electrons. The lowest BCUT2D eigenvalue weighted by molar-refractivity contribution is -0.137. The molecule has 0 amide bonds. The van der Waals surface area contributed by atoms with Crippen molar-refractivity contribution in [3.63, 3.8) is 0 Å². The number of aliphatic hydroxyl groups is 1. The highest BCUT2D eigenvalue weighted by Crippen LogP contribution is 2.29. The number of ketones is 1. The Kier molecular flexibility index (Phi) is 3.70. The summed E-state index contributed by atoms with van der Waals surface area (Å²) in [7, 11) is 0. The van der Waals surface area contributed by atoms with Gasteiger partial charge in [-0.05, 0) is 18.6 Å². The fraction of sp³-hybridized carbons (Fsp3) is 0.364. The van der Waals surface area contributed by atoms with Gasteiger partial charge in [-0.1, -0.05) is 19.1 Å². The minimum atomic E-state index is -4.48. The van der Waals surface area contributed by atoms with Crippen molar-refractivity contribution in [3.05, 3.63) is 35.4 Å². The molecule has 0 saturated carbocycles. The lowest BCUT2D eigenvalue weighted by atomic mass is 10.0. The van der Waals surface area contributed by atoms with E-state index in [9.17, 15) is 23.1 Å². The summed E-state index contributed by atoms with van der Waals surface area (Å²) in [5.74, 6) is -0.686. The Labute approximate surface area is 90.7 Å². The fourth-order valence-corrected chi connectivity index (χ4v) is 1.23. The van der Waals surface area contributed by atoms with Crippen molar-refractivity contribution in [2.45, 2.75) is 25.6 Å². The van der Waals surface area contributed by atoms with Gasteiger partial charge in [0.1, 0.15) is 6.10 Å². The standard InChI is InChI=1S/C11H11F3O2/c1-2-9(15)10(16)7-4-3-5-8(6-7)11(12,13)14/h3-6,9,15H,2H2,1H3. The molecule has 0 heterocycles. The van der Waals surface area contributed by atoms with E-state index in [2.05, 4.69) is 0 Å². The van der Waals surface area contributed by atoms with Crippen LogP contribution in [0.15, 0.2) is 24.3 Å². The van der Waals surface area contributed by atoms with Crippen LogP contribution < -0.4 is 0 Å². The summed E-state index contributed by atoms with van der Waals surface area (Å²) >= 11 is 0. The van der Waals surface area contributed by atoms with Crippen LogP contribution in [0.5, 0.6) is 0 Å². The number of rotatable bonds is 3. The van der Waals surface area contributed by atoms with Gasteiger partial charge in [0.15, 0.2) is 5.78 Å². The second kappa shape index (κ2) is 4.65. The topological polar surface area (TPSA) is 37.3 Å². The first-order chi connectivity index (χ1) is 7.36. The van der Waals surface area contributed by atoms with Crippen molar-refractivity contribution in [1.29, 1.82) is 0 Å². The number of hydrogen-bond donors (Lipinski definition) is 1. The molecular weight excluding hydrogens is 221 g/mol. The number of Topliss-reactive ketones (excluding diaryl/α,β-unsaturated/α-hetero) is 1. The Balaban J connectivity index is 3.04. The molecule has 1 atom stereocenters. The monoisotopic (exact) mass is 232 g/mol. The van der Waals surface area contributed by atoms with E-state index in [1.54, 1.807) is 6.92 Å². The second-order valence-electron chi connectivity index (χ2n) is 3.37. The maximum atomic E-state index is 12.3. The zero-order chi connectivity index (χ0) is 12.3. The minimum absolute atomic E-state index is 0.121. The van der Waals surface area contributed by atoms with Crippen LogP contribution in [0, 0.1) is 0 Å². The molecule has 0 spiro atoms. The highest BCUT2D eigenvalue weighted by molar-refractivity contribution is 5.99. The SMILES string of the molecule is CCC(O)C(=O)c1cccc(C(F)(F)F)c1. The van der Waals surface area contributed by atoms with Crippen molar-refractivity contribution in [2.75, 3.05) is 0 Å². The van der Waals surface area contributed by atoms with E-state index < -0.39 is 23.6 Å². The molecular formula is C11H11F3O2. The van der Waals surface area contributed by atoms with Gasteiger partial charge in [-0.25, -0.2) is 0 Å². The van der Waals surface area contributed by atoms with E-state index in [1.165, 1.54) is 6.07 Å². The first kappa shape index (κ1) is 12.7. The third-order valence-electron chi connectivity index (χ3n) is 2.16. The van der Waals surface area contributed by atoms with E-state index in [0.717, 1.165) is 18.2 Å². The quantitative estimate of drug-likeness (QED) is 0.813. The van der Waals surface area contributed by atoms with Crippen molar-refractivity contribution < 1.29 is 23.1 Å². The van der Waals surface area contributed by atoms with Gasteiger partial charge >= 0.3 is 6.18 Å². The molecule has 1 N–H and O–H groups in total. The molecule has 1 rings (SSSR count). The lowest BCUT2D eigenvalue weighted by Gasteiger charge is -2.10. The van der Waals surface area contributed by atoms with Crippen molar-refractivity contribution in [3.8, 4) is 0 Å². The van der Waals surface area contributed by atoms with Crippen LogP contribution in [0.4, 0.5) is 13.2 Å². The average molecular weight is 232 g/mol. The normalized spacial score (nSPS) is 13.6. The van der Waals surface area contributed by atoms with Crippen LogP contribution in [-0.4, -0.2) is 17.0 Å².